The van der Waals surface area contributed by atoms with Crippen molar-refractivity contribution in [2.24, 2.45) is 0 Å². The average Bonchev–Trinajstić information content (AvgIpc) is 2.60. The quantitative estimate of drug-likeness (QED) is 0.108. The molecule has 158 valence electrons. The normalized spacial score (nSPS) is 12.7. The molecular formula is C21H45F3Si2. The van der Waals surface area contributed by atoms with E-state index in [9.17, 15) is 8.78 Å². The van der Waals surface area contributed by atoms with Gasteiger partial charge in [-0.2, -0.15) is 0 Å². The van der Waals surface area contributed by atoms with Gasteiger partial charge in [-0.1, -0.05) is 96.6 Å². The van der Waals surface area contributed by atoms with Crippen molar-refractivity contribution in [1.82, 2.24) is 0 Å². The Morgan fingerprint density at radius 3 is 1.62 bits per heavy atom. The van der Waals surface area contributed by atoms with E-state index in [1.165, 1.54) is 57.0 Å². The number of alkyl halides is 2. The third kappa shape index (κ3) is 17.6. The first-order valence-corrected chi connectivity index (χ1v) is 16.0. The summed E-state index contributed by atoms with van der Waals surface area (Å²) in [6.45, 7) is 4.39. The smallest absolute Gasteiger partial charge is 0.247 e. The summed E-state index contributed by atoms with van der Waals surface area (Å²) in [5.41, 5.74) is 0. The van der Waals surface area contributed by atoms with Crippen LogP contribution in [0.15, 0.2) is 0 Å². The third-order valence-corrected chi connectivity index (χ3v) is 11.3. The zero-order valence-electron chi connectivity index (χ0n) is 17.6. The predicted octanol–water partition coefficient (Wildman–Crippen LogP) is 8.28. The lowest BCUT2D eigenvalue weighted by atomic mass is 10.2. The molecule has 0 aromatic rings. The van der Waals surface area contributed by atoms with E-state index in [0.29, 0.717) is 6.42 Å². The Balaban J connectivity index is 3.67. The number of hydrogen-bond acceptors (Lipinski definition) is 0. The van der Waals surface area contributed by atoms with Crippen LogP contribution in [0.4, 0.5) is 12.9 Å². The van der Waals surface area contributed by atoms with E-state index >= 15 is 4.11 Å². The highest BCUT2D eigenvalue weighted by molar-refractivity contribution is 6.73. The van der Waals surface area contributed by atoms with Gasteiger partial charge in [-0.05, 0) is 24.6 Å². The lowest BCUT2D eigenvalue weighted by molar-refractivity contribution is 0.134. The summed E-state index contributed by atoms with van der Waals surface area (Å²) in [7, 11) is -2.51. The van der Waals surface area contributed by atoms with Crippen molar-refractivity contribution in [2.75, 3.05) is 0 Å². The Kier molecular flexibility index (Phi) is 18.7. The van der Waals surface area contributed by atoms with Crippen LogP contribution in [0.25, 0.3) is 0 Å². The summed E-state index contributed by atoms with van der Waals surface area (Å²) in [5, 5.41) is 0. The van der Waals surface area contributed by atoms with Gasteiger partial charge in [-0.3, -0.25) is 0 Å². The van der Waals surface area contributed by atoms with Crippen LogP contribution < -0.4 is 0 Å². The van der Waals surface area contributed by atoms with Gasteiger partial charge < -0.3 is 4.11 Å². The molecule has 0 saturated carbocycles. The van der Waals surface area contributed by atoms with Crippen molar-refractivity contribution in [3.05, 3.63) is 0 Å². The highest BCUT2D eigenvalue weighted by atomic mass is 28.4. The fraction of sp³-hybridized carbons (Fsp3) is 1.00. The Hall–Kier alpha value is 0.224. The fourth-order valence-corrected chi connectivity index (χ4v) is 8.91. The largest absolute Gasteiger partial charge is 0.314 e. The minimum Gasteiger partial charge on any atom is -0.314 e. The van der Waals surface area contributed by atoms with Crippen LogP contribution in [0.2, 0.25) is 30.2 Å². The molecule has 0 saturated heterocycles. The molecule has 0 aliphatic carbocycles. The summed E-state index contributed by atoms with van der Waals surface area (Å²) < 4.78 is 39.4. The first kappa shape index (κ1) is 26.2. The summed E-state index contributed by atoms with van der Waals surface area (Å²) in [5.74, 6) is 0. The minimum absolute atomic E-state index is 0.0337. The molecule has 0 atom stereocenters. The topological polar surface area (TPSA) is 0 Å². The van der Waals surface area contributed by atoms with Gasteiger partial charge in [0, 0.05) is 15.9 Å². The second-order valence-electron chi connectivity index (χ2n) is 8.18. The highest BCUT2D eigenvalue weighted by Gasteiger charge is 2.31. The Morgan fingerprint density at radius 2 is 1.12 bits per heavy atom. The number of halogens is 3. The van der Waals surface area contributed by atoms with Crippen LogP contribution in [0.1, 0.15) is 97.3 Å². The zero-order chi connectivity index (χ0) is 19.5. The molecule has 0 fully saturated rings. The maximum absolute atomic E-state index is 15.3. The van der Waals surface area contributed by atoms with Crippen LogP contribution in [-0.4, -0.2) is 24.4 Å². The molecule has 0 aliphatic heterocycles. The first-order chi connectivity index (χ1) is 12.5. The molecule has 0 heterocycles. The maximum atomic E-state index is 15.3. The summed E-state index contributed by atoms with van der Waals surface area (Å²) in [6, 6.07) is 5.26. The highest BCUT2D eigenvalue weighted by Crippen LogP contribution is 2.30. The molecule has 26 heavy (non-hydrogen) atoms. The molecule has 0 aromatic carbocycles. The van der Waals surface area contributed by atoms with Crippen LogP contribution in [-0.2, 0) is 0 Å². The van der Waals surface area contributed by atoms with E-state index in [1.807, 2.05) is 0 Å². The van der Waals surface area contributed by atoms with Crippen LogP contribution in [0, 0.1) is 0 Å². The van der Waals surface area contributed by atoms with Crippen molar-refractivity contribution in [2.45, 2.75) is 134 Å². The number of hydrogen-bond donors (Lipinski definition) is 0. The summed E-state index contributed by atoms with van der Waals surface area (Å²) in [6.07, 6.45) is 11.4. The standard InChI is InChI=1S/C21H45F3Si2/c1-3-5-12-18-26(24,19-13-6-4-2)20-14-8-7-10-16-25-17-11-9-15-21(22)23/h21H,3-20,25H2,1-2H3. The van der Waals surface area contributed by atoms with Gasteiger partial charge >= 0.3 is 0 Å². The molecule has 0 unspecified atom stereocenters. The van der Waals surface area contributed by atoms with Crippen molar-refractivity contribution in [3.8, 4) is 0 Å². The first-order valence-electron chi connectivity index (χ1n) is 11.5. The molecular weight excluding hydrogens is 365 g/mol. The molecule has 0 aliphatic rings. The number of unbranched alkanes of at least 4 members (excludes halogenated alkanes) is 8. The number of rotatable bonds is 20. The molecule has 0 radical (unpaired) electrons. The van der Waals surface area contributed by atoms with E-state index in [1.54, 1.807) is 0 Å². The predicted molar refractivity (Wildman–Crippen MR) is 117 cm³/mol. The molecule has 0 amide bonds. The van der Waals surface area contributed by atoms with Gasteiger partial charge in [0.15, 0.2) is 0 Å². The summed E-state index contributed by atoms with van der Waals surface area (Å²) >= 11 is 0. The van der Waals surface area contributed by atoms with Crippen molar-refractivity contribution in [3.63, 3.8) is 0 Å². The minimum atomic E-state index is -2.48. The van der Waals surface area contributed by atoms with E-state index in [2.05, 4.69) is 13.8 Å². The van der Waals surface area contributed by atoms with Gasteiger partial charge in [0.1, 0.15) is 0 Å². The molecule has 0 N–H and O–H groups in total. The Labute approximate surface area is 165 Å². The molecule has 0 nitrogen and oxygen atoms in total. The van der Waals surface area contributed by atoms with Crippen LogP contribution >= 0.6 is 0 Å². The lowest BCUT2D eigenvalue weighted by Gasteiger charge is -2.22. The maximum Gasteiger partial charge on any atom is 0.247 e. The van der Waals surface area contributed by atoms with Gasteiger partial charge in [0.05, 0.1) is 0 Å². The zero-order valence-corrected chi connectivity index (χ0v) is 20.1. The SMILES string of the molecule is CCCCC[Si](F)(CCCCC)CCCCCC[SiH2]CCCCC(F)F. The van der Waals surface area contributed by atoms with Crippen molar-refractivity contribution in [1.29, 1.82) is 0 Å². The summed E-state index contributed by atoms with van der Waals surface area (Å²) in [4.78, 5) is 0. The fourth-order valence-electron chi connectivity index (χ4n) is 3.74. The molecule has 5 heteroatoms. The van der Waals surface area contributed by atoms with Gasteiger partial charge in [0.25, 0.3) is 0 Å². The van der Waals surface area contributed by atoms with Crippen molar-refractivity contribution >= 4 is 17.9 Å². The second-order valence-corrected chi connectivity index (χ2v) is 14.1. The molecule has 0 spiro atoms. The molecule has 0 bridgehead atoms. The average molecular weight is 411 g/mol. The van der Waals surface area contributed by atoms with Gasteiger partial charge in [-0.25, -0.2) is 8.78 Å². The van der Waals surface area contributed by atoms with Crippen LogP contribution in [0.5, 0.6) is 0 Å². The molecule has 0 rings (SSSR count). The Bertz CT molecular complexity index is 278. The molecule has 0 aromatic heterocycles. The second kappa shape index (κ2) is 18.6. The van der Waals surface area contributed by atoms with Crippen LogP contribution in [0.3, 0.4) is 0 Å². The van der Waals surface area contributed by atoms with E-state index < -0.39 is 14.8 Å². The van der Waals surface area contributed by atoms with E-state index in [-0.39, 0.29) is 15.9 Å². The Morgan fingerprint density at radius 1 is 0.654 bits per heavy atom. The lowest BCUT2D eigenvalue weighted by Crippen LogP contribution is -2.28. The third-order valence-electron chi connectivity index (χ3n) is 5.50. The monoisotopic (exact) mass is 410 g/mol. The van der Waals surface area contributed by atoms with E-state index in [4.69, 9.17) is 0 Å². The van der Waals surface area contributed by atoms with E-state index in [0.717, 1.165) is 43.8 Å². The van der Waals surface area contributed by atoms with Gasteiger partial charge in [0.2, 0.25) is 14.8 Å². The van der Waals surface area contributed by atoms with Gasteiger partial charge in [-0.15, -0.1) is 0 Å². The van der Waals surface area contributed by atoms with Crippen molar-refractivity contribution < 1.29 is 12.9 Å².